The molecule has 1 amide bonds. The van der Waals surface area contributed by atoms with Crippen LogP contribution in [0.4, 0.5) is 5.69 Å². The van der Waals surface area contributed by atoms with Crippen molar-refractivity contribution in [3.8, 4) is 0 Å². The normalized spacial score (nSPS) is 10.5. The second-order valence-electron chi connectivity index (χ2n) is 5.59. The van der Waals surface area contributed by atoms with Gasteiger partial charge in [-0.3, -0.25) is 4.79 Å². The molecule has 2 aromatic rings. The van der Waals surface area contributed by atoms with Crippen molar-refractivity contribution in [1.29, 1.82) is 0 Å². The second kappa shape index (κ2) is 9.68. The Hall–Kier alpha value is -2.93. The molecule has 0 radical (unpaired) electrons. The molecule has 0 unspecified atom stereocenters. The minimum atomic E-state index is -0.648. The summed E-state index contributed by atoms with van der Waals surface area (Å²) < 4.78 is 10.3. The van der Waals surface area contributed by atoms with Crippen molar-refractivity contribution in [3.63, 3.8) is 0 Å². The summed E-state index contributed by atoms with van der Waals surface area (Å²) in [4.78, 5) is 35.0. The molecule has 6 nitrogen and oxygen atoms in total. The van der Waals surface area contributed by atoms with E-state index in [1.54, 1.807) is 30.3 Å². The van der Waals surface area contributed by atoms with Crippen LogP contribution in [0.2, 0.25) is 0 Å². The van der Waals surface area contributed by atoms with E-state index < -0.39 is 24.5 Å². The highest BCUT2D eigenvalue weighted by Gasteiger charge is 2.08. The zero-order valence-electron chi connectivity index (χ0n) is 14.8. The Labute approximate surface area is 165 Å². The van der Waals surface area contributed by atoms with E-state index in [1.165, 1.54) is 19.3 Å². The summed E-state index contributed by atoms with van der Waals surface area (Å²) in [6, 6.07) is 12.0. The molecule has 0 atom stereocenters. The molecule has 140 valence electrons. The number of halogens is 1. The van der Waals surface area contributed by atoms with E-state index in [1.807, 2.05) is 19.1 Å². The Bertz CT molecular complexity index is 874. The first-order valence-electron chi connectivity index (χ1n) is 7.98. The van der Waals surface area contributed by atoms with Gasteiger partial charge in [-0.05, 0) is 64.3 Å². The van der Waals surface area contributed by atoms with Crippen LogP contribution in [-0.2, 0) is 19.1 Å². The molecule has 0 bridgehead atoms. The summed E-state index contributed by atoms with van der Waals surface area (Å²) in [5, 5.41) is 2.66. The molecule has 0 aliphatic rings. The van der Waals surface area contributed by atoms with Gasteiger partial charge in [0.2, 0.25) is 0 Å². The van der Waals surface area contributed by atoms with E-state index in [4.69, 9.17) is 4.74 Å². The van der Waals surface area contributed by atoms with Crippen LogP contribution in [0.5, 0.6) is 0 Å². The standard InChI is InChI=1S/C20H18BrNO5/c1-13-3-9-17(16(21)11-13)22-18(23)12-27-19(24)10-6-14-4-7-15(8-5-14)20(25)26-2/h3-11H,12H2,1-2H3,(H,22,23)/b10-6+. The Morgan fingerprint density at radius 2 is 1.81 bits per heavy atom. The molecule has 27 heavy (non-hydrogen) atoms. The topological polar surface area (TPSA) is 81.7 Å². The van der Waals surface area contributed by atoms with Crippen molar-refractivity contribution in [1.82, 2.24) is 0 Å². The average molecular weight is 432 g/mol. The Morgan fingerprint density at radius 1 is 1.11 bits per heavy atom. The summed E-state index contributed by atoms with van der Waals surface area (Å²) >= 11 is 3.36. The first kappa shape index (κ1) is 20.4. The largest absolute Gasteiger partial charge is 0.465 e. The number of aryl methyl sites for hydroxylation is 1. The van der Waals surface area contributed by atoms with Crippen LogP contribution in [0.25, 0.3) is 6.08 Å². The average Bonchev–Trinajstić information content (AvgIpc) is 2.66. The van der Waals surface area contributed by atoms with Gasteiger partial charge < -0.3 is 14.8 Å². The lowest BCUT2D eigenvalue weighted by Gasteiger charge is -2.08. The number of nitrogens with one attached hydrogen (secondary N) is 1. The van der Waals surface area contributed by atoms with Crippen LogP contribution >= 0.6 is 15.9 Å². The molecule has 7 heteroatoms. The maximum absolute atomic E-state index is 11.9. The predicted molar refractivity (Wildman–Crippen MR) is 105 cm³/mol. The molecule has 0 spiro atoms. The van der Waals surface area contributed by atoms with Crippen molar-refractivity contribution < 1.29 is 23.9 Å². The van der Waals surface area contributed by atoms with E-state index >= 15 is 0 Å². The molecule has 1 N–H and O–H groups in total. The quantitative estimate of drug-likeness (QED) is 0.556. The number of esters is 2. The Balaban J connectivity index is 1.83. The van der Waals surface area contributed by atoms with E-state index in [9.17, 15) is 14.4 Å². The molecule has 2 aromatic carbocycles. The summed E-state index contributed by atoms with van der Waals surface area (Å²) in [6.45, 7) is 1.54. The van der Waals surface area contributed by atoms with Gasteiger partial charge in [0.1, 0.15) is 0 Å². The van der Waals surface area contributed by atoms with E-state index in [-0.39, 0.29) is 0 Å². The van der Waals surface area contributed by atoms with Gasteiger partial charge in [0, 0.05) is 10.5 Å². The number of amides is 1. The van der Waals surface area contributed by atoms with Crippen molar-refractivity contribution in [2.45, 2.75) is 6.92 Å². The number of methoxy groups -OCH3 is 1. The number of rotatable bonds is 6. The fourth-order valence-corrected chi connectivity index (χ4v) is 2.70. The number of carbonyl (C=O) groups is 3. The lowest BCUT2D eigenvalue weighted by atomic mass is 10.1. The van der Waals surface area contributed by atoms with Crippen LogP contribution in [-0.4, -0.2) is 31.6 Å². The first-order chi connectivity index (χ1) is 12.9. The van der Waals surface area contributed by atoms with Crippen molar-refractivity contribution in [2.75, 3.05) is 19.0 Å². The molecule has 0 aromatic heterocycles. The first-order valence-corrected chi connectivity index (χ1v) is 8.77. The Kier molecular flexibility index (Phi) is 7.31. The van der Waals surface area contributed by atoms with E-state index in [2.05, 4.69) is 26.0 Å². The third kappa shape index (κ3) is 6.38. The number of anilines is 1. The van der Waals surface area contributed by atoms with Gasteiger partial charge in [-0.2, -0.15) is 0 Å². The van der Waals surface area contributed by atoms with Gasteiger partial charge in [0.25, 0.3) is 5.91 Å². The Morgan fingerprint density at radius 3 is 2.44 bits per heavy atom. The molecule has 0 aliphatic carbocycles. The molecule has 0 saturated heterocycles. The van der Waals surface area contributed by atoms with Gasteiger partial charge in [-0.25, -0.2) is 9.59 Å². The lowest BCUT2D eigenvalue weighted by Crippen LogP contribution is -2.20. The molecule has 0 heterocycles. The van der Waals surface area contributed by atoms with Gasteiger partial charge >= 0.3 is 11.9 Å². The summed E-state index contributed by atoms with van der Waals surface area (Å²) in [6.07, 6.45) is 2.74. The predicted octanol–water partition coefficient (Wildman–Crippen LogP) is 3.74. The highest BCUT2D eigenvalue weighted by molar-refractivity contribution is 9.10. The second-order valence-corrected chi connectivity index (χ2v) is 6.44. The highest BCUT2D eigenvalue weighted by Crippen LogP contribution is 2.23. The van der Waals surface area contributed by atoms with E-state index in [0.29, 0.717) is 16.8 Å². The van der Waals surface area contributed by atoms with Gasteiger partial charge in [-0.1, -0.05) is 18.2 Å². The van der Waals surface area contributed by atoms with Crippen LogP contribution < -0.4 is 5.32 Å². The molecule has 2 rings (SSSR count). The van der Waals surface area contributed by atoms with Gasteiger partial charge in [0.05, 0.1) is 18.4 Å². The van der Waals surface area contributed by atoms with Crippen LogP contribution in [0, 0.1) is 6.92 Å². The minimum absolute atomic E-state index is 0.398. The van der Waals surface area contributed by atoms with Crippen LogP contribution in [0.3, 0.4) is 0 Å². The van der Waals surface area contributed by atoms with Crippen LogP contribution in [0.15, 0.2) is 53.0 Å². The fourth-order valence-electron chi connectivity index (χ4n) is 2.11. The molecule has 0 aliphatic heterocycles. The van der Waals surface area contributed by atoms with Crippen molar-refractivity contribution >= 4 is 45.5 Å². The number of hydrogen-bond donors (Lipinski definition) is 1. The van der Waals surface area contributed by atoms with Crippen molar-refractivity contribution in [2.24, 2.45) is 0 Å². The third-order valence-electron chi connectivity index (χ3n) is 3.49. The number of carbonyl (C=O) groups excluding carboxylic acids is 3. The van der Waals surface area contributed by atoms with Gasteiger partial charge in [0.15, 0.2) is 6.61 Å². The maximum Gasteiger partial charge on any atom is 0.337 e. The zero-order chi connectivity index (χ0) is 19.8. The number of hydrogen-bond acceptors (Lipinski definition) is 5. The summed E-state index contributed by atoms with van der Waals surface area (Å²) in [7, 11) is 1.31. The van der Waals surface area contributed by atoms with Crippen molar-refractivity contribution in [3.05, 3.63) is 69.7 Å². The number of ether oxygens (including phenoxy) is 2. The number of benzene rings is 2. The third-order valence-corrected chi connectivity index (χ3v) is 4.14. The van der Waals surface area contributed by atoms with Gasteiger partial charge in [-0.15, -0.1) is 0 Å². The summed E-state index contributed by atoms with van der Waals surface area (Å²) in [5.41, 5.74) is 2.77. The molecule has 0 saturated carbocycles. The molecular formula is C20H18BrNO5. The SMILES string of the molecule is COC(=O)c1ccc(/C=C/C(=O)OCC(=O)Nc2ccc(C)cc2Br)cc1. The molecule has 0 fully saturated rings. The minimum Gasteiger partial charge on any atom is -0.465 e. The maximum atomic E-state index is 11.9. The fraction of sp³-hybridized carbons (Fsp3) is 0.150. The van der Waals surface area contributed by atoms with E-state index in [0.717, 1.165) is 10.0 Å². The highest BCUT2D eigenvalue weighted by atomic mass is 79.9. The monoisotopic (exact) mass is 431 g/mol. The lowest BCUT2D eigenvalue weighted by molar-refractivity contribution is -0.142. The molecular weight excluding hydrogens is 414 g/mol. The zero-order valence-corrected chi connectivity index (χ0v) is 16.4. The summed E-state index contributed by atoms with van der Waals surface area (Å²) in [5.74, 6) is -1.52. The van der Waals surface area contributed by atoms with Crippen LogP contribution in [0.1, 0.15) is 21.5 Å². The smallest absolute Gasteiger partial charge is 0.337 e.